The highest BCUT2D eigenvalue weighted by molar-refractivity contribution is 5.99. The van der Waals surface area contributed by atoms with E-state index >= 15 is 0 Å². The lowest BCUT2D eigenvalue weighted by Gasteiger charge is -2.24. The summed E-state index contributed by atoms with van der Waals surface area (Å²) in [5.41, 5.74) is 1.01. The van der Waals surface area contributed by atoms with E-state index in [-0.39, 0.29) is 11.5 Å². The Balaban J connectivity index is 1.75. The molecule has 4 heteroatoms. The molecular weight excluding hydrogens is 304 g/mol. The van der Waals surface area contributed by atoms with Crippen molar-refractivity contribution in [3.05, 3.63) is 59.2 Å². The molecule has 0 amide bonds. The summed E-state index contributed by atoms with van der Waals surface area (Å²) in [7, 11) is 0. The Morgan fingerprint density at radius 3 is 2.58 bits per heavy atom. The zero-order valence-electron chi connectivity index (χ0n) is 14.0. The number of phenols is 1. The molecule has 0 unspecified atom stereocenters. The molecule has 1 aliphatic rings. The van der Waals surface area contributed by atoms with E-state index in [0.29, 0.717) is 36.1 Å². The van der Waals surface area contributed by atoms with E-state index in [1.54, 1.807) is 26.0 Å². The van der Waals surface area contributed by atoms with Crippen molar-refractivity contribution >= 4 is 5.78 Å². The molecule has 0 aromatic heterocycles. The van der Waals surface area contributed by atoms with Crippen LogP contribution in [0.2, 0.25) is 0 Å². The number of hydrogen-bond donors (Lipinski definition) is 2. The number of hydrogen-bond acceptors (Lipinski definition) is 4. The maximum absolute atomic E-state index is 12.5. The van der Waals surface area contributed by atoms with Gasteiger partial charge in [0, 0.05) is 18.4 Å². The van der Waals surface area contributed by atoms with Gasteiger partial charge >= 0.3 is 0 Å². The van der Waals surface area contributed by atoms with Crippen molar-refractivity contribution in [2.24, 2.45) is 0 Å². The van der Waals surface area contributed by atoms with Crippen molar-refractivity contribution in [1.82, 2.24) is 0 Å². The number of benzene rings is 2. The van der Waals surface area contributed by atoms with E-state index in [2.05, 4.69) is 0 Å². The van der Waals surface area contributed by atoms with Crippen LogP contribution in [0.4, 0.5) is 0 Å². The van der Waals surface area contributed by atoms with E-state index < -0.39 is 11.7 Å². The lowest BCUT2D eigenvalue weighted by Crippen LogP contribution is -2.39. The van der Waals surface area contributed by atoms with Crippen molar-refractivity contribution in [1.29, 1.82) is 0 Å². The largest absolute Gasteiger partial charge is 0.507 e. The van der Waals surface area contributed by atoms with E-state index in [4.69, 9.17) is 4.74 Å². The molecule has 1 aliphatic heterocycles. The molecule has 0 aliphatic carbocycles. The summed E-state index contributed by atoms with van der Waals surface area (Å²) >= 11 is 0. The summed E-state index contributed by atoms with van der Waals surface area (Å²) in [5, 5.41) is 20.6. The summed E-state index contributed by atoms with van der Waals surface area (Å²) in [4.78, 5) is 12.5. The average molecular weight is 326 g/mol. The van der Waals surface area contributed by atoms with Gasteiger partial charge in [-0.2, -0.15) is 0 Å². The van der Waals surface area contributed by atoms with Crippen LogP contribution in [0.3, 0.4) is 0 Å². The summed E-state index contributed by atoms with van der Waals surface area (Å²) in [6.45, 7) is 3.35. The third-order valence-corrected chi connectivity index (χ3v) is 4.47. The number of aromatic hydroxyl groups is 1. The van der Waals surface area contributed by atoms with Gasteiger partial charge in [-0.05, 0) is 38.0 Å². The highest BCUT2D eigenvalue weighted by Crippen LogP contribution is 2.40. The highest BCUT2D eigenvalue weighted by atomic mass is 16.5. The molecule has 1 atom stereocenters. The zero-order valence-corrected chi connectivity index (χ0v) is 14.0. The monoisotopic (exact) mass is 326 g/mol. The molecule has 2 N–H and O–H groups in total. The first-order chi connectivity index (χ1) is 11.4. The molecule has 24 heavy (non-hydrogen) atoms. The number of aliphatic hydroxyl groups is 1. The van der Waals surface area contributed by atoms with Crippen LogP contribution >= 0.6 is 0 Å². The molecule has 0 saturated carbocycles. The van der Waals surface area contributed by atoms with Gasteiger partial charge in [0.05, 0.1) is 11.2 Å². The molecule has 1 heterocycles. The molecule has 0 saturated heterocycles. The Kier molecular flexibility index (Phi) is 4.33. The van der Waals surface area contributed by atoms with Crippen LogP contribution in [-0.2, 0) is 12.8 Å². The van der Waals surface area contributed by atoms with Crippen LogP contribution in [0.1, 0.15) is 41.8 Å². The lowest BCUT2D eigenvalue weighted by molar-refractivity contribution is -0.0229. The summed E-state index contributed by atoms with van der Waals surface area (Å²) in [6, 6.07) is 13.1. The van der Waals surface area contributed by atoms with Gasteiger partial charge in [0.1, 0.15) is 17.6 Å². The Morgan fingerprint density at radius 1 is 1.21 bits per heavy atom. The normalized spacial score (nSPS) is 16.5. The van der Waals surface area contributed by atoms with Crippen LogP contribution in [-0.4, -0.2) is 27.7 Å². The maximum atomic E-state index is 12.5. The molecule has 0 spiro atoms. The van der Waals surface area contributed by atoms with Gasteiger partial charge in [0.25, 0.3) is 0 Å². The summed E-state index contributed by atoms with van der Waals surface area (Å²) in [6.07, 6.45) is 0.948. The first kappa shape index (κ1) is 16.5. The quantitative estimate of drug-likeness (QED) is 0.828. The minimum absolute atomic E-state index is 0.0164. The Labute approximate surface area is 141 Å². The second-order valence-corrected chi connectivity index (χ2v) is 6.81. The number of Topliss-reactive ketones (excluding diaryl/α,β-unsaturated/α-hetero) is 1. The average Bonchev–Trinajstić information content (AvgIpc) is 2.99. The highest BCUT2D eigenvalue weighted by Gasteiger charge is 2.37. The van der Waals surface area contributed by atoms with Gasteiger partial charge in [-0.3, -0.25) is 4.79 Å². The number of rotatable bonds is 5. The number of carbonyl (C=O) groups excluding carboxylic acids is 1. The van der Waals surface area contributed by atoms with Gasteiger partial charge < -0.3 is 14.9 Å². The second-order valence-electron chi connectivity index (χ2n) is 6.81. The first-order valence-electron chi connectivity index (χ1n) is 8.17. The van der Waals surface area contributed by atoms with Crippen molar-refractivity contribution in [2.45, 2.75) is 44.8 Å². The molecule has 0 bridgehead atoms. The van der Waals surface area contributed by atoms with Gasteiger partial charge in [-0.1, -0.05) is 30.3 Å². The predicted molar refractivity (Wildman–Crippen MR) is 91.6 cm³/mol. The Morgan fingerprint density at radius 2 is 1.92 bits per heavy atom. The van der Waals surface area contributed by atoms with Crippen molar-refractivity contribution in [2.75, 3.05) is 0 Å². The standard InChI is InChI=1S/C20H22O4/c1-20(2,23)18-12-15-17(24-18)11-9-14(19(15)22)16(21)10-8-13-6-4-3-5-7-13/h3-7,9,11,18,22-23H,8,10,12H2,1-2H3/t18-/m1/s1. The molecule has 4 nitrogen and oxygen atoms in total. The third kappa shape index (κ3) is 3.29. The van der Waals surface area contributed by atoms with Gasteiger partial charge in [0.2, 0.25) is 0 Å². The smallest absolute Gasteiger partial charge is 0.166 e. The second kappa shape index (κ2) is 6.29. The van der Waals surface area contributed by atoms with Crippen LogP contribution in [0, 0.1) is 0 Å². The number of ether oxygens (including phenoxy) is 1. The minimum Gasteiger partial charge on any atom is -0.507 e. The number of phenolic OH excluding ortho intramolecular Hbond substituents is 1. The van der Waals surface area contributed by atoms with E-state index in [9.17, 15) is 15.0 Å². The van der Waals surface area contributed by atoms with Crippen LogP contribution < -0.4 is 4.74 Å². The number of aryl methyl sites for hydroxylation is 1. The predicted octanol–water partition coefficient (Wildman–Crippen LogP) is 3.28. The maximum Gasteiger partial charge on any atom is 0.166 e. The van der Waals surface area contributed by atoms with Crippen LogP contribution in [0.25, 0.3) is 0 Å². The summed E-state index contributed by atoms with van der Waals surface area (Å²) < 4.78 is 5.69. The fourth-order valence-corrected chi connectivity index (χ4v) is 2.96. The first-order valence-corrected chi connectivity index (χ1v) is 8.17. The van der Waals surface area contributed by atoms with Gasteiger partial charge in [-0.15, -0.1) is 0 Å². The third-order valence-electron chi connectivity index (χ3n) is 4.47. The number of ketones is 1. The Hall–Kier alpha value is -2.33. The van der Waals surface area contributed by atoms with Crippen LogP contribution in [0.5, 0.6) is 11.5 Å². The van der Waals surface area contributed by atoms with E-state index in [1.807, 2.05) is 30.3 Å². The molecular formula is C20H22O4. The molecule has 2 aromatic rings. The lowest BCUT2D eigenvalue weighted by atomic mass is 9.94. The van der Waals surface area contributed by atoms with Gasteiger partial charge in [-0.25, -0.2) is 0 Å². The molecule has 126 valence electrons. The molecule has 2 aromatic carbocycles. The van der Waals surface area contributed by atoms with Crippen molar-refractivity contribution in [3.63, 3.8) is 0 Å². The number of fused-ring (bicyclic) bond motifs is 1. The number of carbonyl (C=O) groups is 1. The fourth-order valence-electron chi connectivity index (χ4n) is 2.96. The van der Waals surface area contributed by atoms with E-state index in [0.717, 1.165) is 5.56 Å². The molecule has 0 fully saturated rings. The van der Waals surface area contributed by atoms with E-state index in [1.165, 1.54) is 0 Å². The van der Waals surface area contributed by atoms with Crippen molar-refractivity contribution < 1.29 is 19.7 Å². The Bertz CT molecular complexity index is 744. The molecule has 0 radical (unpaired) electrons. The summed E-state index contributed by atoms with van der Waals surface area (Å²) in [5.74, 6) is 0.433. The molecule has 3 rings (SSSR count). The van der Waals surface area contributed by atoms with Crippen LogP contribution in [0.15, 0.2) is 42.5 Å². The fraction of sp³-hybridized carbons (Fsp3) is 0.350. The SMILES string of the molecule is CC(C)(O)[C@H]1Cc2c(ccc(C(=O)CCc3ccccc3)c2O)O1. The van der Waals surface area contributed by atoms with Crippen molar-refractivity contribution in [3.8, 4) is 11.5 Å². The topological polar surface area (TPSA) is 66.8 Å². The minimum atomic E-state index is -1.01. The van der Waals surface area contributed by atoms with Gasteiger partial charge in [0.15, 0.2) is 5.78 Å². The zero-order chi connectivity index (χ0) is 17.3.